The highest BCUT2D eigenvalue weighted by Gasteiger charge is 2.40. The van der Waals surface area contributed by atoms with E-state index in [0.29, 0.717) is 12.8 Å². The number of ketones is 1. The van der Waals surface area contributed by atoms with Gasteiger partial charge >= 0.3 is 0 Å². The Morgan fingerprint density at radius 3 is 2.62 bits per heavy atom. The molecule has 1 aliphatic heterocycles. The quantitative estimate of drug-likeness (QED) is 0.741. The molecule has 2 rings (SSSR count). The number of carbonyl (C=O) groups excluding carboxylic acids is 1. The maximum atomic E-state index is 12.5. The predicted molar refractivity (Wildman–Crippen MR) is 83.6 cm³/mol. The molecule has 3 heteroatoms. The van der Waals surface area contributed by atoms with Crippen LogP contribution in [0.1, 0.15) is 78.6 Å². The van der Waals surface area contributed by atoms with Crippen LogP contribution in [0.15, 0.2) is 11.3 Å². The van der Waals surface area contributed by atoms with Gasteiger partial charge in [0, 0.05) is 24.8 Å². The van der Waals surface area contributed by atoms with Crippen LogP contribution in [0.5, 0.6) is 0 Å². The first kappa shape index (κ1) is 16.5. The van der Waals surface area contributed by atoms with Crippen LogP contribution in [0.4, 0.5) is 0 Å². The first-order valence-electron chi connectivity index (χ1n) is 8.54. The number of hydrogen-bond acceptors (Lipinski definition) is 3. The summed E-state index contributed by atoms with van der Waals surface area (Å²) in [6.45, 7) is 6.41. The molecule has 0 aromatic rings. The van der Waals surface area contributed by atoms with Gasteiger partial charge in [0.1, 0.15) is 5.76 Å². The van der Waals surface area contributed by atoms with Gasteiger partial charge in [0.15, 0.2) is 12.1 Å². The molecule has 2 atom stereocenters. The third kappa shape index (κ3) is 4.32. The van der Waals surface area contributed by atoms with E-state index in [-0.39, 0.29) is 17.1 Å². The van der Waals surface area contributed by atoms with E-state index < -0.39 is 6.29 Å². The Bertz CT molecular complexity index is 409. The molecule has 0 aromatic carbocycles. The smallest absolute Gasteiger partial charge is 0.197 e. The number of allylic oxidation sites excluding steroid dienone is 2. The van der Waals surface area contributed by atoms with Crippen LogP contribution in [0.3, 0.4) is 0 Å². The van der Waals surface area contributed by atoms with Gasteiger partial charge < -0.3 is 9.84 Å². The van der Waals surface area contributed by atoms with Gasteiger partial charge in [0.05, 0.1) is 0 Å². The summed E-state index contributed by atoms with van der Waals surface area (Å²) in [4.78, 5) is 12.5. The van der Waals surface area contributed by atoms with Gasteiger partial charge in [-0.05, 0) is 17.8 Å². The fourth-order valence-corrected chi connectivity index (χ4v) is 3.67. The van der Waals surface area contributed by atoms with Crippen LogP contribution in [-0.2, 0) is 9.53 Å². The summed E-state index contributed by atoms with van der Waals surface area (Å²) in [5, 5.41) is 9.95. The molecule has 2 aliphatic rings. The van der Waals surface area contributed by atoms with Gasteiger partial charge in [-0.3, -0.25) is 4.79 Å². The highest BCUT2D eigenvalue weighted by Crippen LogP contribution is 2.44. The van der Waals surface area contributed by atoms with Gasteiger partial charge in [-0.1, -0.05) is 52.9 Å². The van der Waals surface area contributed by atoms with E-state index in [1.54, 1.807) is 0 Å². The largest absolute Gasteiger partial charge is 0.469 e. The lowest BCUT2D eigenvalue weighted by Gasteiger charge is -2.39. The summed E-state index contributed by atoms with van der Waals surface area (Å²) >= 11 is 0. The molecule has 1 unspecified atom stereocenters. The number of aliphatic hydroxyl groups excluding tert-OH is 1. The summed E-state index contributed by atoms with van der Waals surface area (Å²) in [5.41, 5.74) is 0.855. The Balaban J connectivity index is 2.01. The van der Waals surface area contributed by atoms with Gasteiger partial charge in [-0.15, -0.1) is 0 Å². The van der Waals surface area contributed by atoms with Crippen molar-refractivity contribution in [1.29, 1.82) is 0 Å². The van der Waals surface area contributed by atoms with Crippen molar-refractivity contribution >= 4 is 5.78 Å². The fraction of sp³-hybridized carbons (Fsp3) is 0.833. The number of hydrogen-bond donors (Lipinski definition) is 1. The molecule has 0 amide bonds. The van der Waals surface area contributed by atoms with Crippen LogP contribution in [-0.4, -0.2) is 17.2 Å². The molecule has 0 radical (unpaired) electrons. The second-order valence-corrected chi connectivity index (χ2v) is 7.49. The zero-order valence-electron chi connectivity index (χ0n) is 13.8. The molecule has 0 bridgehead atoms. The van der Waals surface area contributed by atoms with E-state index in [0.717, 1.165) is 30.6 Å². The molecular weight excluding hydrogens is 264 g/mol. The number of aliphatic hydroxyl groups is 1. The normalized spacial score (nSPS) is 28.3. The van der Waals surface area contributed by atoms with Gasteiger partial charge in [-0.2, -0.15) is 0 Å². The number of ether oxygens (including phenoxy) is 1. The van der Waals surface area contributed by atoms with Crippen molar-refractivity contribution in [2.24, 2.45) is 11.3 Å². The van der Waals surface area contributed by atoms with Crippen LogP contribution in [0, 0.1) is 11.3 Å². The molecule has 0 saturated heterocycles. The van der Waals surface area contributed by atoms with Crippen molar-refractivity contribution in [3.05, 3.63) is 11.3 Å². The molecule has 1 N–H and O–H groups in total. The number of Topliss-reactive ketones (excluding diaryl/α,β-unsaturated/α-hetero) is 1. The van der Waals surface area contributed by atoms with Crippen LogP contribution in [0.2, 0.25) is 0 Å². The van der Waals surface area contributed by atoms with Crippen LogP contribution in [0.25, 0.3) is 0 Å². The summed E-state index contributed by atoms with van der Waals surface area (Å²) in [7, 11) is 0. The monoisotopic (exact) mass is 294 g/mol. The van der Waals surface area contributed by atoms with E-state index in [2.05, 4.69) is 20.8 Å². The summed E-state index contributed by atoms with van der Waals surface area (Å²) in [6, 6.07) is 0. The molecule has 21 heavy (non-hydrogen) atoms. The lowest BCUT2D eigenvalue weighted by atomic mass is 9.71. The van der Waals surface area contributed by atoms with Crippen LogP contribution >= 0.6 is 0 Å². The van der Waals surface area contributed by atoms with Crippen molar-refractivity contribution in [1.82, 2.24) is 0 Å². The second-order valence-electron chi connectivity index (χ2n) is 7.49. The molecule has 0 spiro atoms. The lowest BCUT2D eigenvalue weighted by molar-refractivity contribution is -0.127. The first-order chi connectivity index (χ1) is 9.93. The second kappa shape index (κ2) is 6.95. The number of carbonyl (C=O) groups is 1. The minimum Gasteiger partial charge on any atom is -0.469 e. The summed E-state index contributed by atoms with van der Waals surface area (Å²) < 4.78 is 5.59. The van der Waals surface area contributed by atoms with Crippen molar-refractivity contribution in [2.75, 3.05) is 0 Å². The molecular formula is C18H30O3. The molecule has 1 aliphatic carbocycles. The Hall–Kier alpha value is -0.830. The lowest BCUT2D eigenvalue weighted by Crippen LogP contribution is -2.36. The summed E-state index contributed by atoms with van der Waals surface area (Å²) in [5.74, 6) is 1.22. The maximum absolute atomic E-state index is 12.5. The Morgan fingerprint density at radius 1 is 1.19 bits per heavy atom. The first-order valence-corrected chi connectivity index (χ1v) is 8.54. The van der Waals surface area contributed by atoms with E-state index in [4.69, 9.17) is 4.74 Å². The van der Waals surface area contributed by atoms with Crippen molar-refractivity contribution in [3.8, 4) is 0 Å². The van der Waals surface area contributed by atoms with E-state index >= 15 is 0 Å². The van der Waals surface area contributed by atoms with E-state index in [1.165, 1.54) is 25.7 Å². The highest BCUT2D eigenvalue weighted by atomic mass is 16.6. The third-order valence-corrected chi connectivity index (χ3v) is 4.71. The highest BCUT2D eigenvalue weighted by molar-refractivity contribution is 5.97. The average molecular weight is 294 g/mol. The van der Waals surface area contributed by atoms with Gasteiger partial charge in [-0.25, -0.2) is 0 Å². The molecule has 120 valence electrons. The molecule has 0 aromatic heterocycles. The molecule has 1 heterocycles. The number of rotatable bonds is 6. The standard InChI is InChI=1S/C18H30O3/c1-4-5-6-7-8-9-13-10-16(20)21-15-12-18(2,3)11-14(19)17(13)15/h13,16,20H,4-12H2,1-3H3/t13-,16?/m1/s1. The van der Waals surface area contributed by atoms with Crippen molar-refractivity contribution < 1.29 is 14.6 Å². The Morgan fingerprint density at radius 2 is 1.90 bits per heavy atom. The average Bonchev–Trinajstić information content (AvgIpc) is 2.35. The fourth-order valence-electron chi connectivity index (χ4n) is 3.67. The molecule has 0 fully saturated rings. The zero-order valence-corrected chi connectivity index (χ0v) is 13.8. The van der Waals surface area contributed by atoms with Gasteiger partial charge in [0.25, 0.3) is 0 Å². The Kier molecular flexibility index (Phi) is 5.48. The zero-order chi connectivity index (χ0) is 15.5. The minimum absolute atomic E-state index is 0.0430. The third-order valence-electron chi connectivity index (χ3n) is 4.71. The number of unbranched alkanes of at least 4 members (excludes halogenated alkanes) is 4. The maximum Gasteiger partial charge on any atom is 0.197 e. The topological polar surface area (TPSA) is 46.5 Å². The summed E-state index contributed by atoms with van der Waals surface area (Å²) in [6.07, 6.45) is 8.43. The van der Waals surface area contributed by atoms with E-state index in [1.807, 2.05) is 0 Å². The Labute approximate surface area is 128 Å². The minimum atomic E-state index is -0.730. The SMILES string of the molecule is CCCCCCC[C@@H]1CC(O)OC2=C1C(=O)CC(C)(C)C2. The molecule has 0 saturated carbocycles. The predicted octanol–water partition coefficient (Wildman–Crippen LogP) is 4.35. The molecule has 3 nitrogen and oxygen atoms in total. The van der Waals surface area contributed by atoms with E-state index in [9.17, 15) is 9.90 Å². The van der Waals surface area contributed by atoms with Gasteiger partial charge in [0.2, 0.25) is 0 Å². The van der Waals surface area contributed by atoms with Crippen LogP contribution < -0.4 is 0 Å². The van der Waals surface area contributed by atoms with Crippen molar-refractivity contribution in [3.63, 3.8) is 0 Å². The van der Waals surface area contributed by atoms with Crippen molar-refractivity contribution in [2.45, 2.75) is 84.8 Å².